The molecule has 0 atom stereocenters. The van der Waals surface area contributed by atoms with Gasteiger partial charge in [-0.3, -0.25) is 4.79 Å². The molecule has 0 saturated carbocycles. The number of aromatic carboxylic acids is 1. The Hall–Kier alpha value is -2.63. The van der Waals surface area contributed by atoms with E-state index < -0.39 is 5.97 Å². The second-order valence-electron chi connectivity index (χ2n) is 4.95. The second-order valence-corrected chi connectivity index (χ2v) is 4.95. The van der Waals surface area contributed by atoms with Crippen LogP contribution in [-0.4, -0.2) is 34.6 Å². The number of carboxylic acids is 1. The molecule has 0 radical (unpaired) electrons. The van der Waals surface area contributed by atoms with Crippen molar-refractivity contribution in [2.45, 2.75) is 19.9 Å². The van der Waals surface area contributed by atoms with Crippen LogP contribution >= 0.6 is 0 Å². The minimum atomic E-state index is -1.03. The third-order valence-electron chi connectivity index (χ3n) is 2.89. The lowest BCUT2D eigenvalue weighted by Crippen LogP contribution is -2.35. The van der Waals surface area contributed by atoms with Gasteiger partial charge in [0.1, 0.15) is 5.82 Å². The smallest absolute Gasteiger partial charge is 0.337 e. The van der Waals surface area contributed by atoms with Gasteiger partial charge in [-0.2, -0.15) is 0 Å². The summed E-state index contributed by atoms with van der Waals surface area (Å²) >= 11 is 0. The molecule has 0 aliphatic carbocycles. The summed E-state index contributed by atoms with van der Waals surface area (Å²) < 4.78 is 0. The maximum absolute atomic E-state index is 11.6. The van der Waals surface area contributed by atoms with Crippen LogP contribution in [0.2, 0.25) is 0 Å². The molecule has 0 unspecified atom stereocenters. The van der Waals surface area contributed by atoms with Crippen LogP contribution in [0.25, 0.3) is 10.8 Å². The molecule has 1 aromatic heterocycles. The Balaban J connectivity index is 2.27. The lowest BCUT2D eigenvalue weighted by atomic mass is 10.1. The van der Waals surface area contributed by atoms with E-state index in [0.29, 0.717) is 16.6 Å². The van der Waals surface area contributed by atoms with Gasteiger partial charge < -0.3 is 15.7 Å². The van der Waals surface area contributed by atoms with Crippen LogP contribution in [0, 0.1) is 0 Å². The summed E-state index contributed by atoms with van der Waals surface area (Å²) in [6, 6.07) is 7.13. The fraction of sp³-hybridized carbons (Fsp3) is 0.267. The Bertz CT molecular complexity index is 683. The van der Waals surface area contributed by atoms with Gasteiger partial charge in [0.25, 0.3) is 0 Å². The minimum Gasteiger partial charge on any atom is -0.478 e. The van der Waals surface area contributed by atoms with Crippen LogP contribution in [0.5, 0.6) is 0 Å². The van der Waals surface area contributed by atoms with Crippen molar-refractivity contribution in [2.24, 2.45) is 0 Å². The van der Waals surface area contributed by atoms with Gasteiger partial charge in [-0.1, -0.05) is 24.3 Å². The molecule has 110 valence electrons. The van der Waals surface area contributed by atoms with Crippen LogP contribution in [0.1, 0.15) is 24.2 Å². The number of carbonyl (C=O) groups is 2. The van der Waals surface area contributed by atoms with Gasteiger partial charge in [0.05, 0.1) is 12.1 Å². The van der Waals surface area contributed by atoms with E-state index >= 15 is 0 Å². The molecule has 1 amide bonds. The summed E-state index contributed by atoms with van der Waals surface area (Å²) in [4.78, 5) is 26.9. The number of hydrogen-bond donors (Lipinski definition) is 3. The Morgan fingerprint density at radius 1 is 1.24 bits per heavy atom. The number of fused-ring (bicyclic) bond motifs is 1. The van der Waals surface area contributed by atoms with E-state index in [0.717, 1.165) is 0 Å². The first-order chi connectivity index (χ1) is 9.99. The lowest BCUT2D eigenvalue weighted by Gasteiger charge is -2.12. The van der Waals surface area contributed by atoms with Gasteiger partial charge >= 0.3 is 5.97 Å². The highest BCUT2D eigenvalue weighted by molar-refractivity contribution is 6.06. The van der Waals surface area contributed by atoms with E-state index in [4.69, 9.17) is 5.11 Å². The number of hydrogen-bond acceptors (Lipinski definition) is 4. The highest BCUT2D eigenvalue weighted by atomic mass is 16.4. The number of carboxylic acid groups (broad SMARTS) is 1. The number of nitrogens with zero attached hydrogens (tertiary/aromatic N) is 1. The molecular weight excluding hydrogens is 270 g/mol. The first kappa shape index (κ1) is 14.8. The van der Waals surface area contributed by atoms with Crippen molar-refractivity contribution in [3.63, 3.8) is 0 Å². The van der Waals surface area contributed by atoms with E-state index in [1.165, 1.54) is 6.20 Å². The van der Waals surface area contributed by atoms with Crippen molar-refractivity contribution in [3.8, 4) is 0 Å². The van der Waals surface area contributed by atoms with Crippen LogP contribution in [0.15, 0.2) is 30.5 Å². The van der Waals surface area contributed by atoms with Gasteiger partial charge in [-0.25, -0.2) is 9.78 Å². The van der Waals surface area contributed by atoms with Crippen LogP contribution in [0.3, 0.4) is 0 Å². The number of nitrogens with one attached hydrogen (secondary N) is 2. The molecule has 2 aromatic rings. The molecule has 3 N–H and O–H groups in total. The van der Waals surface area contributed by atoms with E-state index in [-0.39, 0.29) is 24.1 Å². The number of aromatic nitrogens is 1. The third kappa shape index (κ3) is 3.47. The largest absolute Gasteiger partial charge is 0.478 e. The zero-order chi connectivity index (χ0) is 15.4. The van der Waals surface area contributed by atoms with Gasteiger partial charge in [-0.15, -0.1) is 0 Å². The zero-order valence-corrected chi connectivity index (χ0v) is 11.9. The molecule has 1 heterocycles. The van der Waals surface area contributed by atoms with E-state index in [2.05, 4.69) is 15.6 Å². The van der Waals surface area contributed by atoms with Gasteiger partial charge in [0.2, 0.25) is 5.91 Å². The minimum absolute atomic E-state index is 0.0680. The standard InChI is InChI=1S/C15H17N3O3/c1-9(2)18-13(19)8-17-14-11-6-4-3-5-10(11)12(7-16-14)15(20)21/h3-7,9H,8H2,1-2H3,(H,16,17)(H,18,19)(H,20,21). The van der Waals surface area contributed by atoms with E-state index in [9.17, 15) is 9.59 Å². The topological polar surface area (TPSA) is 91.3 Å². The maximum Gasteiger partial charge on any atom is 0.337 e. The molecule has 0 aliphatic heterocycles. The predicted octanol–water partition coefficient (Wildman–Crippen LogP) is 1.87. The fourth-order valence-electron chi connectivity index (χ4n) is 2.04. The SMILES string of the molecule is CC(C)NC(=O)CNc1ncc(C(=O)O)c2ccccc12. The van der Waals surface area contributed by atoms with Crippen molar-refractivity contribution < 1.29 is 14.7 Å². The molecule has 0 saturated heterocycles. The van der Waals surface area contributed by atoms with E-state index in [1.807, 2.05) is 13.8 Å². The van der Waals surface area contributed by atoms with Crippen LogP contribution in [0.4, 0.5) is 5.82 Å². The number of rotatable bonds is 5. The predicted molar refractivity (Wildman–Crippen MR) is 80.5 cm³/mol. The summed E-state index contributed by atoms with van der Waals surface area (Å²) in [5.74, 6) is -0.671. The highest BCUT2D eigenvalue weighted by Gasteiger charge is 2.12. The molecule has 0 bridgehead atoms. The fourth-order valence-corrected chi connectivity index (χ4v) is 2.04. The first-order valence-electron chi connectivity index (χ1n) is 6.63. The summed E-state index contributed by atoms with van der Waals surface area (Å²) in [7, 11) is 0. The van der Waals surface area contributed by atoms with Crippen molar-refractivity contribution in [2.75, 3.05) is 11.9 Å². The number of carbonyl (C=O) groups excluding carboxylic acids is 1. The Kier molecular flexibility index (Phi) is 4.37. The second kappa shape index (κ2) is 6.21. The molecule has 0 fully saturated rings. The third-order valence-corrected chi connectivity index (χ3v) is 2.89. The summed E-state index contributed by atoms with van der Waals surface area (Å²) in [5, 5.41) is 16.1. The monoisotopic (exact) mass is 287 g/mol. The molecule has 6 nitrogen and oxygen atoms in total. The lowest BCUT2D eigenvalue weighted by molar-refractivity contribution is -0.119. The number of pyridine rings is 1. The Labute approximate surface area is 122 Å². The Morgan fingerprint density at radius 3 is 2.52 bits per heavy atom. The molecule has 0 spiro atoms. The van der Waals surface area contributed by atoms with E-state index in [1.54, 1.807) is 24.3 Å². The van der Waals surface area contributed by atoms with Gasteiger partial charge in [0, 0.05) is 23.0 Å². The van der Waals surface area contributed by atoms with Crippen molar-refractivity contribution in [1.29, 1.82) is 0 Å². The highest BCUT2D eigenvalue weighted by Crippen LogP contribution is 2.24. The molecule has 2 rings (SSSR count). The van der Waals surface area contributed by atoms with Gasteiger partial charge in [-0.05, 0) is 13.8 Å². The average molecular weight is 287 g/mol. The maximum atomic E-state index is 11.6. The molecule has 21 heavy (non-hydrogen) atoms. The number of anilines is 1. The van der Waals surface area contributed by atoms with Crippen molar-refractivity contribution in [3.05, 3.63) is 36.0 Å². The van der Waals surface area contributed by atoms with Crippen molar-refractivity contribution in [1.82, 2.24) is 10.3 Å². The molecule has 1 aromatic carbocycles. The molecular formula is C15H17N3O3. The Morgan fingerprint density at radius 2 is 1.90 bits per heavy atom. The average Bonchev–Trinajstić information content (AvgIpc) is 2.43. The zero-order valence-electron chi connectivity index (χ0n) is 11.9. The number of amides is 1. The first-order valence-corrected chi connectivity index (χ1v) is 6.63. The van der Waals surface area contributed by atoms with Crippen molar-refractivity contribution >= 4 is 28.5 Å². The van der Waals surface area contributed by atoms with Crippen LogP contribution < -0.4 is 10.6 Å². The summed E-state index contributed by atoms with van der Waals surface area (Å²) in [5.41, 5.74) is 0.141. The summed E-state index contributed by atoms with van der Waals surface area (Å²) in [6.45, 7) is 3.85. The van der Waals surface area contributed by atoms with Crippen LogP contribution in [-0.2, 0) is 4.79 Å². The quantitative estimate of drug-likeness (QED) is 0.781. The molecule has 0 aliphatic rings. The van der Waals surface area contributed by atoms with Gasteiger partial charge in [0.15, 0.2) is 0 Å². The summed E-state index contributed by atoms with van der Waals surface area (Å²) in [6.07, 6.45) is 1.30. The number of benzene rings is 1. The normalized spacial score (nSPS) is 10.6. The molecule has 6 heteroatoms.